The van der Waals surface area contributed by atoms with Crippen molar-refractivity contribution in [1.29, 1.82) is 0 Å². The van der Waals surface area contributed by atoms with E-state index in [9.17, 15) is 0 Å². The van der Waals surface area contributed by atoms with Gasteiger partial charge in [0.15, 0.2) is 5.13 Å². The van der Waals surface area contributed by atoms with Gasteiger partial charge in [0.25, 0.3) is 0 Å². The number of hydrogen-bond donors (Lipinski definition) is 2. The number of rotatable bonds is 5. The molecule has 0 saturated heterocycles. The van der Waals surface area contributed by atoms with Crippen molar-refractivity contribution >= 4 is 16.5 Å². The molecule has 1 aromatic heterocycles. The molecule has 0 aliphatic carbocycles. The third kappa shape index (κ3) is 3.31. The maximum absolute atomic E-state index is 5.83. The highest BCUT2D eigenvalue weighted by Crippen LogP contribution is 2.29. The van der Waals surface area contributed by atoms with Crippen LogP contribution in [0.15, 0.2) is 30.3 Å². The Morgan fingerprint density at radius 1 is 1.28 bits per heavy atom. The van der Waals surface area contributed by atoms with E-state index in [1.165, 1.54) is 4.88 Å². The van der Waals surface area contributed by atoms with E-state index in [1.54, 1.807) is 11.3 Å². The predicted molar refractivity (Wildman–Crippen MR) is 78.5 cm³/mol. The summed E-state index contributed by atoms with van der Waals surface area (Å²) in [5.74, 6) is 0.649. The van der Waals surface area contributed by atoms with Gasteiger partial charge in [-0.15, -0.1) is 11.3 Å². The van der Waals surface area contributed by atoms with Crippen LogP contribution >= 0.6 is 11.3 Å². The summed E-state index contributed by atoms with van der Waals surface area (Å²) in [6.07, 6.45) is 0. The summed E-state index contributed by atoms with van der Waals surface area (Å²) < 4.78 is 0. The van der Waals surface area contributed by atoms with Crippen molar-refractivity contribution < 1.29 is 0 Å². The minimum Gasteiger partial charge on any atom is -0.375 e. The van der Waals surface area contributed by atoms with Crippen molar-refractivity contribution in [2.24, 2.45) is 5.92 Å². The zero-order valence-corrected chi connectivity index (χ0v) is 11.6. The number of hydrogen-bond acceptors (Lipinski definition) is 4. The molecule has 1 aromatic carbocycles. The van der Waals surface area contributed by atoms with Crippen LogP contribution in [0.5, 0.6) is 0 Å². The lowest BCUT2D eigenvalue weighted by molar-refractivity contribution is 0.555. The van der Waals surface area contributed by atoms with Crippen molar-refractivity contribution in [3.8, 4) is 11.3 Å². The molecule has 0 aliphatic rings. The molecule has 3 N–H and O–H groups in total. The number of thiazole rings is 1. The third-order valence-electron chi connectivity index (χ3n) is 2.60. The van der Waals surface area contributed by atoms with Gasteiger partial charge in [0.2, 0.25) is 0 Å². The van der Waals surface area contributed by atoms with E-state index in [0.717, 1.165) is 24.3 Å². The summed E-state index contributed by atoms with van der Waals surface area (Å²) in [5.41, 5.74) is 7.97. The Bertz CT molecular complexity index is 491. The molecule has 2 aromatic rings. The van der Waals surface area contributed by atoms with Crippen LogP contribution in [0.3, 0.4) is 0 Å². The van der Waals surface area contributed by atoms with E-state index < -0.39 is 0 Å². The molecule has 0 atom stereocenters. The topological polar surface area (TPSA) is 50.9 Å². The molecule has 96 valence electrons. The van der Waals surface area contributed by atoms with E-state index in [2.05, 4.69) is 36.3 Å². The minimum absolute atomic E-state index is 0.634. The lowest BCUT2D eigenvalue weighted by atomic mass is 10.1. The molecule has 3 nitrogen and oxygen atoms in total. The predicted octanol–water partition coefficient (Wildman–Crippen LogP) is 3.14. The second-order valence-corrected chi connectivity index (χ2v) is 5.83. The Hall–Kier alpha value is -1.39. The Morgan fingerprint density at radius 2 is 2.00 bits per heavy atom. The van der Waals surface area contributed by atoms with Crippen molar-refractivity contribution in [3.05, 3.63) is 35.2 Å². The second kappa shape index (κ2) is 5.98. The standard InChI is InChI=1S/C14H19N3S/c1-10(2)8-16-9-12-13(17-14(15)18-12)11-6-4-3-5-7-11/h3-7,10,16H,8-9H2,1-2H3,(H2,15,17). The van der Waals surface area contributed by atoms with E-state index >= 15 is 0 Å². The SMILES string of the molecule is CC(C)CNCc1sc(N)nc1-c1ccccc1. The van der Waals surface area contributed by atoms with E-state index in [0.29, 0.717) is 11.0 Å². The Balaban J connectivity index is 2.16. The molecule has 1 heterocycles. The average molecular weight is 261 g/mol. The molecule has 0 radical (unpaired) electrons. The van der Waals surface area contributed by atoms with Crippen LogP contribution in [0.1, 0.15) is 18.7 Å². The summed E-state index contributed by atoms with van der Waals surface area (Å²) in [7, 11) is 0. The Kier molecular flexibility index (Phi) is 4.33. The van der Waals surface area contributed by atoms with Gasteiger partial charge in [0.05, 0.1) is 5.69 Å². The maximum atomic E-state index is 5.83. The number of nitrogen functional groups attached to an aromatic ring is 1. The second-order valence-electron chi connectivity index (χ2n) is 4.71. The molecule has 18 heavy (non-hydrogen) atoms. The monoisotopic (exact) mass is 261 g/mol. The van der Waals surface area contributed by atoms with Crippen LogP contribution in [-0.2, 0) is 6.54 Å². The first-order valence-electron chi connectivity index (χ1n) is 6.18. The molecule has 4 heteroatoms. The number of benzene rings is 1. The molecule has 0 unspecified atom stereocenters. The third-order valence-corrected chi connectivity index (χ3v) is 3.48. The normalized spacial score (nSPS) is 11.1. The highest BCUT2D eigenvalue weighted by molar-refractivity contribution is 7.15. The van der Waals surface area contributed by atoms with Crippen LogP contribution < -0.4 is 11.1 Å². The van der Waals surface area contributed by atoms with Crippen molar-refractivity contribution in [2.45, 2.75) is 20.4 Å². The molecule has 2 rings (SSSR count). The summed E-state index contributed by atoms with van der Waals surface area (Å²) in [6, 6.07) is 10.2. The molecular formula is C14H19N3S. The van der Waals surface area contributed by atoms with Gasteiger partial charge in [0.1, 0.15) is 0 Å². The average Bonchev–Trinajstić information content (AvgIpc) is 2.71. The fourth-order valence-electron chi connectivity index (χ4n) is 1.79. The van der Waals surface area contributed by atoms with Crippen LogP contribution in [0.4, 0.5) is 5.13 Å². The molecule has 0 spiro atoms. The number of nitrogens with one attached hydrogen (secondary N) is 1. The Morgan fingerprint density at radius 3 is 2.67 bits per heavy atom. The fraction of sp³-hybridized carbons (Fsp3) is 0.357. The molecular weight excluding hydrogens is 242 g/mol. The van der Waals surface area contributed by atoms with E-state index in [4.69, 9.17) is 5.73 Å². The molecule has 0 amide bonds. The highest BCUT2D eigenvalue weighted by atomic mass is 32.1. The van der Waals surface area contributed by atoms with Gasteiger partial charge in [0, 0.05) is 17.0 Å². The molecule has 0 aliphatic heterocycles. The van der Waals surface area contributed by atoms with Crippen molar-refractivity contribution in [3.63, 3.8) is 0 Å². The van der Waals surface area contributed by atoms with Gasteiger partial charge >= 0.3 is 0 Å². The van der Waals surface area contributed by atoms with Gasteiger partial charge in [-0.05, 0) is 12.5 Å². The first kappa shape index (κ1) is 13.1. The molecule has 0 bridgehead atoms. The smallest absolute Gasteiger partial charge is 0.180 e. The molecule has 0 fully saturated rings. The summed E-state index contributed by atoms with van der Waals surface area (Å²) in [6.45, 7) is 6.24. The largest absolute Gasteiger partial charge is 0.375 e. The first-order chi connectivity index (χ1) is 8.66. The summed E-state index contributed by atoms with van der Waals surface area (Å²) >= 11 is 1.57. The van der Waals surface area contributed by atoms with Crippen LogP contribution in [0.2, 0.25) is 0 Å². The van der Waals surface area contributed by atoms with Crippen molar-refractivity contribution in [2.75, 3.05) is 12.3 Å². The van der Waals surface area contributed by atoms with Gasteiger partial charge in [-0.2, -0.15) is 0 Å². The number of aromatic nitrogens is 1. The van der Waals surface area contributed by atoms with Gasteiger partial charge in [-0.25, -0.2) is 4.98 Å². The number of anilines is 1. The van der Waals surface area contributed by atoms with Crippen LogP contribution in [0.25, 0.3) is 11.3 Å². The van der Waals surface area contributed by atoms with Gasteiger partial charge < -0.3 is 11.1 Å². The van der Waals surface area contributed by atoms with Crippen LogP contribution in [0, 0.1) is 5.92 Å². The summed E-state index contributed by atoms with van der Waals surface area (Å²) in [4.78, 5) is 5.64. The highest BCUT2D eigenvalue weighted by Gasteiger charge is 2.11. The lowest BCUT2D eigenvalue weighted by Gasteiger charge is -2.07. The van der Waals surface area contributed by atoms with Gasteiger partial charge in [-0.3, -0.25) is 0 Å². The maximum Gasteiger partial charge on any atom is 0.180 e. The fourth-order valence-corrected chi connectivity index (χ4v) is 2.61. The number of nitrogens with zero attached hydrogens (tertiary/aromatic N) is 1. The zero-order valence-electron chi connectivity index (χ0n) is 10.8. The van der Waals surface area contributed by atoms with Crippen LogP contribution in [-0.4, -0.2) is 11.5 Å². The first-order valence-corrected chi connectivity index (χ1v) is 6.99. The number of nitrogens with two attached hydrogens (primary N) is 1. The van der Waals surface area contributed by atoms with Gasteiger partial charge in [-0.1, -0.05) is 44.2 Å². The Labute approximate surface area is 112 Å². The summed E-state index contributed by atoms with van der Waals surface area (Å²) in [5, 5.41) is 4.07. The quantitative estimate of drug-likeness (QED) is 0.869. The zero-order chi connectivity index (χ0) is 13.0. The lowest BCUT2D eigenvalue weighted by Crippen LogP contribution is -2.18. The van der Waals surface area contributed by atoms with E-state index in [-0.39, 0.29) is 0 Å². The molecule has 0 saturated carbocycles. The van der Waals surface area contributed by atoms with E-state index in [1.807, 2.05) is 18.2 Å². The van der Waals surface area contributed by atoms with Crippen molar-refractivity contribution in [1.82, 2.24) is 10.3 Å². The minimum atomic E-state index is 0.634.